The summed E-state index contributed by atoms with van der Waals surface area (Å²) in [6, 6.07) is 0. The van der Waals surface area contributed by atoms with Gasteiger partial charge in [0.05, 0.1) is 0 Å². The lowest BCUT2D eigenvalue weighted by Crippen LogP contribution is -1.77. The zero-order valence-corrected chi connectivity index (χ0v) is 8.14. The smallest absolute Gasteiger partial charge is 0.105 e. The molecule has 0 aliphatic carbocycles. The molecule has 2 heteroatoms. The Morgan fingerprint density at radius 3 is 2.40 bits per heavy atom. The molecule has 0 spiro atoms. The van der Waals surface area contributed by atoms with Crippen LogP contribution in [0.25, 0.3) is 0 Å². The molecule has 56 valence electrons. The van der Waals surface area contributed by atoms with E-state index in [9.17, 15) is 0 Å². The van der Waals surface area contributed by atoms with E-state index in [4.69, 9.17) is 0 Å². The molecule has 10 heavy (non-hydrogen) atoms. The largest absolute Gasteiger partial charge is 0.251 e. The topological polar surface area (TPSA) is 12.4 Å². The number of hydrogen-bond acceptors (Lipinski definition) is 1. The van der Waals surface area contributed by atoms with Crippen molar-refractivity contribution < 1.29 is 0 Å². The Labute approximate surface area is 70.7 Å². The molecule has 0 N–H and O–H groups in total. The number of halogens is 1. The van der Waals surface area contributed by atoms with E-state index < -0.39 is 0 Å². The summed E-state index contributed by atoms with van der Waals surface area (Å²) in [6.07, 6.45) is 5.81. The van der Waals surface area contributed by atoms with Crippen LogP contribution < -0.4 is 0 Å². The molecule has 0 bridgehead atoms. The van der Waals surface area contributed by atoms with Crippen LogP contribution in [0.3, 0.4) is 0 Å². The monoisotopic (exact) mass is 201 g/mol. The lowest BCUT2D eigenvalue weighted by atomic mass is 10.5. The van der Waals surface area contributed by atoms with Crippen molar-refractivity contribution in [1.29, 1.82) is 0 Å². The SMILES string of the molecule is CC=CC=C(Br)N=C(C)C. The molecule has 0 amide bonds. The van der Waals surface area contributed by atoms with Crippen molar-refractivity contribution in [2.45, 2.75) is 20.8 Å². The van der Waals surface area contributed by atoms with Gasteiger partial charge in [0.1, 0.15) is 4.61 Å². The molecule has 0 aromatic rings. The van der Waals surface area contributed by atoms with Crippen LogP contribution in [-0.4, -0.2) is 5.71 Å². The lowest BCUT2D eigenvalue weighted by Gasteiger charge is -1.87. The van der Waals surface area contributed by atoms with Gasteiger partial charge in [0.25, 0.3) is 0 Å². The maximum absolute atomic E-state index is 4.16. The average molecular weight is 202 g/mol. The Morgan fingerprint density at radius 1 is 1.40 bits per heavy atom. The fourth-order valence-electron chi connectivity index (χ4n) is 0.427. The van der Waals surface area contributed by atoms with Crippen LogP contribution in [-0.2, 0) is 0 Å². The Hall–Kier alpha value is -0.370. The zero-order valence-electron chi connectivity index (χ0n) is 6.56. The highest BCUT2D eigenvalue weighted by atomic mass is 79.9. The summed E-state index contributed by atoms with van der Waals surface area (Å²) >= 11 is 3.30. The first-order valence-electron chi connectivity index (χ1n) is 3.17. The van der Waals surface area contributed by atoms with Gasteiger partial charge in [-0.25, -0.2) is 0 Å². The number of allylic oxidation sites excluding steroid dienone is 3. The molecule has 0 heterocycles. The summed E-state index contributed by atoms with van der Waals surface area (Å²) in [7, 11) is 0. The predicted molar refractivity (Wildman–Crippen MR) is 50.6 cm³/mol. The van der Waals surface area contributed by atoms with E-state index in [2.05, 4.69) is 20.9 Å². The molecule has 0 atom stereocenters. The zero-order chi connectivity index (χ0) is 7.98. The van der Waals surface area contributed by atoms with E-state index in [0.717, 1.165) is 10.3 Å². The van der Waals surface area contributed by atoms with Crippen LogP contribution in [0.1, 0.15) is 20.8 Å². The third-order valence-electron chi connectivity index (χ3n) is 0.757. The molecule has 0 radical (unpaired) electrons. The van der Waals surface area contributed by atoms with Gasteiger partial charge >= 0.3 is 0 Å². The van der Waals surface area contributed by atoms with Gasteiger partial charge in [-0.1, -0.05) is 12.2 Å². The second-order valence-corrected chi connectivity index (χ2v) is 2.89. The summed E-state index contributed by atoms with van der Waals surface area (Å²) in [5.74, 6) is 0. The second-order valence-electron chi connectivity index (χ2n) is 2.07. The van der Waals surface area contributed by atoms with Crippen LogP contribution in [0.5, 0.6) is 0 Å². The van der Waals surface area contributed by atoms with E-state index in [1.54, 1.807) is 0 Å². The maximum Gasteiger partial charge on any atom is 0.105 e. The minimum atomic E-state index is 0.866. The van der Waals surface area contributed by atoms with Crippen molar-refractivity contribution in [3.8, 4) is 0 Å². The molecule has 0 unspecified atom stereocenters. The van der Waals surface area contributed by atoms with Gasteiger partial charge in [-0.3, -0.25) is 4.99 Å². The predicted octanol–water partition coefficient (Wildman–Crippen LogP) is 3.28. The van der Waals surface area contributed by atoms with Crippen LogP contribution in [0.15, 0.2) is 27.8 Å². The van der Waals surface area contributed by atoms with Crippen LogP contribution in [0.2, 0.25) is 0 Å². The highest BCUT2D eigenvalue weighted by Crippen LogP contribution is 2.06. The molecule has 0 aromatic heterocycles. The van der Waals surface area contributed by atoms with Gasteiger partial charge < -0.3 is 0 Å². The number of rotatable bonds is 2. The maximum atomic E-state index is 4.16. The summed E-state index contributed by atoms with van der Waals surface area (Å²) in [4.78, 5) is 4.16. The van der Waals surface area contributed by atoms with Crippen LogP contribution in [0.4, 0.5) is 0 Å². The van der Waals surface area contributed by atoms with Gasteiger partial charge in [-0.05, 0) is 42.8 Å². The van der Waals surface area contributed by atoms with Crippen LogP contribution >= 0.6 is 15.9 Å². The minimum absolute atomic E-state index is 0.866. The summed E-state index contributed by atoms with van der Waals surface area (Å²) in [5.41, 5.74) is 1.05. The Kier molecular flexibility index (Phi) is 5.22. The summed E-state index contributed by atoms with van der Waals surface area (Å²) in [6.45, 7) is 5.90. The second kappa shape index (κ2) is 5.42. The van der Waals surface area contributed by atoms with E-state index in [-0.39, 0.29) is 0 Å². The molecule has 1 nitrogen and oxygen atoms in total. The Balaban J connectivity index is 4.08. The van der Waals surface area contributed by atoms with Crippen molar-refractivity contribution in [3.63, 3.8) is 0 Å². The van der Waals surface area contributed by atoms with Gasteiger partial charge in [0, 0.05) is 5.71 Å². The first kappa shape index (κ1) is 9.63. The quantitative estimate of drug-likeness (QED) is 0.370. The molecule has 0 aromatic carbocycles. The molecule has 0 saturated carbocycles. The third kappa shape index (κ3) is 5.76. The fourth-order valence-corrected chi connectivity index (χ4v) is 0.934. The van der Waals surface area contributed by atoms with Gasteiger partial charge in [0.2, 0.25) is 0 Å². The number of hydrogen-bond donors (Lipinski definition) is 0. The van der Waals surface area contributed by atoms with Crippen molar-refractivity contribution in [1.82, 2.24) is 0 Å². The molecule has 0 rings (SSSR count). The first-order valence-corrected chi connectivity index (χ1v) is 3.96. The highest BCUT2D eigenvalue weighted by Gasteiger charge is 1.82. The van der Waals surface area contributed by atoms with Gasteiger partial charge in [0.15, 0.2) is 0 Å². The Bertz CT molecular complexity index is 174. The molecular weight excluding hydrogens is 190 g/mol. The molecular formula is C8H12BrN. The van der Waals surface area contributed by atoms with E-state index in [1.165, 1.54) is 0 Å². The molecule has 0 aliphatic rings. The minimum Gasteiger partial charge on any atom is -0.251 e. The van der Waals surface area contributed by atoms with Crippen molar-refractivity contribution in [3.05, 3.63) is 22.8 Å². The number of nitrogens with zero attached hydrogens (tertiary/aromatic N) is 1. The Morgan fingerprint density at radius 2 is 2.00 bits per heavy atom. The first-order chi connectivity index (χ1) is 4.66. The van der Waals surface area contributed by atoms with Crippen molar-refractivity contribution in [2.75, 3.05) is 0 Å². The molecule has 0 fully saturated rings. The lowest BCUT2D eigenvalue weighted by molar-refractivity contribution is 1.47. The third-order valence-corrected chi connectivity index (χ3v) is 1.20. The molecule has 0 aliphatic heterocycles. The highest BCUT2D eigenvalue weighted by molar-refractivity contribution is 9.11. The standard InChI is InChI=1S/C8H12BrN/c1-4-5-6-8(9)10-7(2)3/h4-6H,1-3H3. The van der Waals surface area contributed by atoms with Gasteiger partial charge in [-0.15, -0.1) is 0 Å². The fraction of sp³-hybridized carbons (Fsp3) is 0.375. The van der Waals surface area contributed by atoms with E-state index in [0.29, 0.717) is 0 Å². The normalized spacial score (nSPS) is 12.2. The van der Waals surface area contributed by atoms with Crippen LogP contribution in [0, 0.1) is 0 Å². The van der Waals surface area contributed by atoms with Crippen molar-refractivity contribution >= 4 is 21.6 Å². The van der Waals surface area contributed by atoms with E-state index >= 15 is 0 Å². The summed E-state index contributed by atoms with van der Waals surface area (Å²) < 4.78 is 0.866. The summed E-state index contributed by atoms with van der Waals surface area (Å²) in [5, 5.41) is 0. The average Bonchev–Trinajstić information content (AvgIpc) is 1.82. The van der Waals surface area contributed by atoms with Gasteiger partial charge in [-0.2, -0.15) is 0 Å². The van der Waals surface area contributed by atoms with Crippen molar-refractivity contribution in [2.24, 2.45) is 4.99 Å². The van der Waals surface area contributed by atoms with E-state index in [1.807, 2.05) is 39.0 Å². The number of aliphatic imine (C=N–C) groups is 1. The molecule has 0 saturated heterocycles.